The maximum absolute atomic E-state index is 13.4. The number of imide groups is 2. The third-order valence-electron chi connectivity index (χ3n) is 6.05. The number of carbonyl (C=O) groups is 3. The number of hydrogen-bond donors (Lipinski definition) is 1. The van der Waals surface area contributed by atoms with Crippen molar-refractivity contribution in [3.05, 3.63) is 127 Å². The van der Waals surface area contributed by atoms with Gasteiger partial charge in [-0.1, -0.05) is 54.1 Å². The Morgan fingerprint density at radius 3 is 2.12 bits per heavy atom. The molecule has 1 N–H and O–H groups in total. The van der Waals surface area contributed by atoms with E-state index in [1.165, 1.54) is 6.08 Å². The summed E-state index contributed by atoms with van der Waals surface area (Å²) < 4.78 is 12.9. The van der Waals surface area contributed by atoms with Crippen LogP contribution in [0.3, 0.4) is 0 Å². The molecule has 1 saturated heterocycles. The van der Waals surface area contributed by atoms with Gasteiger partial charge < -0.3 is 9.47 Å². The fourth-order valence-electron chi connectivity index (χ4n) is 4.07. The van der Waals surface area contributed by atoms with Gasteiger partial charge in [0.15, 0.2) is 0 Å². The number of carbonyl (C=O) groups excluding carboxylic acids is 3. The zero-order valence-corrected chi connectivity index (χ0v) is 25.2. The maximum Gasteiger partial charge on any atom is 0.335 e. The third-order valence-corrected chi connectivity index (χ3v) is 7.46. The smallest absolute Gasteiger partial charge is 0.335 e. The summed E-state index contributed by atoms with van der Waals surface area (Å²) in [5.74, 6) is -0.419. The number of anilines is 1. The third kappa shape index (κ3) is 6.87. The number of amides is 4. The maximum atomic E-state index is 13.4. The summed E-state index contributed by atoms with van der Waals surface area (Å²) in [7, 11) is 0. The van der Waals surface area contributed by atoms with Gasteiger partial charge in [0.05, 0.1) is 14.6 Å². The second kappa shape index (κ2) is 12.7. The molecule has 0 spiro atoms. The van der Waals surface area contributed by atoms with Gasteiger partial charge >= 0.3 is 6.03 Å². The minimum absolute atomic E-state index is 0.194. The number of halogens is 3. The van der Waals surface area contributed by atoms with Crippen LogP contribution in [0, 0.1) is 0 Å². The predicted octanol–water partition coefficient (Wildman–Crippen LogP) is 7.69. The molecule has 41 heavy (non-hydrogen) atoms. The van der Waals surface area contributed by atoms with E-state index >= 15 is 0 Å². The van der Waals surface area contributed by atoms with Gasteiger partial charge in [-0.2, -0.15) is 0 Å². The van der Waals surface area contributed by atoms with Gasteiger partial charge in [0.1, 0.15) is 30.3 Å². The summed E-state index contributed by atoms with van der Waals surface area (Å²) in [4.78, 5) is 39.6. The molecule has 0 unspecified atom stereocenters. The van der Waals surface area contributed by atoms with E-state index < -0.39 is 17.8 Å². The zero-order chi connectivity index (χ0) is 28.9. The topological polar surface area (TPSA) is 84.9 Å². The van der Waals surface area contributed by atoms with E-state index in [4.69, 9.17) is 21.1 Å². The molecule has 1 heterocycles. The van der Waals surface area contributed by atoms with E-state index in [0.717, 1.165) is 16.0 Å². The molecule has 5 rings (SSSR count). The highest BCUT2D eigenvalue weighted by atomic mass is 79.9. The van der Waals surface area contributed by atoms with Crippen LogP contribution < -0.4 is 19.7 Å². The summed E-state index contributed by atoms with van der Waals surface area (Å²) in [6.07, 6.45) is 1.42. The number of urea groups is 1. The van der Waals surface area contributed by atoms with Crippen molar-refractivity contribution in [2.75, 3.05) is 4.90 Å². The predicted molar refractivity (Wildman–Crippen MR) is 164 cm³/mol. The first kappa shape index (κ1) is 28.6. The lowest BCUT2D eigenvalue weighted by Crippen LogP contribution is -2.54. The van der Waals surface area contributed by atoms with Crippen LogP contribution in [0.2, 0.25) is 5.02 Å². The SMILES string of the molecule is O=C1NC(=O)N(c2ccc(OCc3ccccc3)cc2)C(=O)/C1=C/c1cc(Br)c(OCc2cccc(Cl)c2)c(Br)c1. The fraction of sp³-hybridized carbons (Fsp3) is 0.0645. The normalized spacial score (nSPS) is 14.3. The molecule has 0 radical (unpaired) electrons. The Labute approximate surface area is 258 Å². The van der Waals surface area contributed by atoms with Crippen molar-refractivity contribution in [3.63, 3.8) is 0 Å². The minimum Gasteiger partial charge on any atom is -0.489 e. The number of ether oxygens (including phenoxy) is 2. The van der Waals surface area contributed by atoms with Gasteiger partial charge in [-0.15, -0.1) is 0 Å². The summed E-state index contributed by atoms with van der Waals surface area (Å²) >= 11 is 13.1. The highest BCUT2D eigenvalue weighted by Gasteiger charge is 2.36. The number of nitrogens with one attached hydrogen (secondary N) is 1. The van der Waals surface area contributed by atoms with Crippen LogP contribution in [0.15, 0.2) is 106 Å². The van der Waals surface area contributed by atoms with Crippen LogP contribution in [-0.2, 0) is 22.8 Å². The molecular weight excluding hydrogens is 676 g/mol. The second-order valence-electron chi connectivity index (χ2n) is 8.96. The molecule has 4 amide bonds. The van der Waals surface area contributed by atoms with Crippen molar-refractivity contribution >= 4 is 73.1 Å². The number of hydrogen-bond acceptors (Lipinski definition) is 5. The Balaban J connectivity index is 1.32. The van der Waals surface area contributed by atoms with E-state index in [2.05, 4.69) is 37.2 Å². The van der Waals surface area contributed by atoms with E-state index in [9.17, 15) is 14.4 Å². The number of rotatable bonds is 8. The van der Waals surface area contributed by atoms with Crippen molar-refractivity contribution in [1.29, 1.82) is 0 Å². The van der Waals surface area contributed by atoms with Gasteiger partial charge in [0.2, 0.25) is 0 Å². The lowest BCUT2D eigenvalue weighted by atomic mass is 10.1. The quantitative estimate of drug-likeness (QED) is 0.151. The molecule has 1 fully saturated rings. The Morgan fingerprint density at radius 2 is 1.44 bits per heavy atom. The molecule has 0 aliphatic carbocycles. The van der Waals surface area contributed by atoms with E-state index in [1.54, 1.807) is 42.5 Å². The van der Waals surface area contributed by atoms with Crippen LogP contribution in [-0.4, -0.2) is 17.8 Å². The molecule has 0 saturated carbocycles. The molecule has 7 nitrogen and oxygen atoms in total. The molecule has 4 aromatic carbocycles. The van der Waals surface area contributed by atoms with Crippen molar-refractivity contribution in [2.45, 2.75) is 13.2 Å². The molecule has 4 aromatic rings. The van der Waals surface area contributed by atoms with Gasteiger partial charge in [-0.3, -0.25) is 14.9 Å². The average Bonchev–Trinajstić information content (AvgIpc) is 2.95. The largest absolute Gasteiger partial charge is 0.489 e. The van der Waals surface area contributed by atoms with Crippen LogP contribution in [0.4, 0.5) is 10.5 Å². The summed E-state index contributed by atoms with van der Waals surface area (Å²) in [5, 5.41) is 2.85. The summed E-state index contributed by atoms with van der Waals surface area (Å²) in [6, 6.07) is 26.1. The summed E-state index contributed by atoms with van der Waals surface area (Å²) in [6.45, 7) is 0.659. The molecule has 1 aliphatic rings. The van der Waals surface area contributed by atoms with Gasteiger partial charge in [-0.25, -0.2) is 9.69 Å². The highest BCUT2D eigenvalue weighted by Crippen LogP contribution is 2.36. The Kier molecular flexibility index (Phi) is 8.87. The Bertz CT molecular complexity index is 1640. The molecule has 0 atom stereocenters. The molecular formula is C31H21Br2ClN2O5. The van der Waals surface area contributed by atoms with Gasteiger partial charge in [0, 0.05) is 5.02 Å². The van der Waals surface area contributed by atoms with E-state index in [-0.39, 0.29) is 12.2 Å². The Morgan fingerprint density at radius 1 is 0.780 bits per heavy atom. The monoisotopic (exact) mass is 694 g/mol. The molecule has 0 bridgehead atoms. The van der Waals surface area contributed by atoms with Crippen molar-refractivity contribution in [3.8, 4) is 11.5 Å². The van der Waals surface area contributed by atoms with Gasteiger partial charge in [0.25, 0.3) is 11.8 Å². The van der Waals surface area contributed by atoms with Crippen molar-refractivity contribution in [2.24, 2.45) is 0 Å². The first-order chi connectivity index (χ1) is 19.8. The fourth-order valence-corrected chi connectivity index (χ4v) is 5.74. The number of barbiturate groups is 1. The average molecular weight is 697 g/mol. The first-order valence-corrected chi connectivity index (χ1v) is 14.3. The van der Waals surface area contributed by atoms with E-state index in [1.807, 2.05) is 48.5 Å². The van der Waals surface area contributed by atoms with Crippen molar-refractivity contribution < 1.29 is 23.9 Å². The lowest BCUT2D eigenvalue weighted by molar-refractivity contribution is -0.122. The molecule has 10 heteroatoms. The number of nitrogens with zero attached hydrogens (tertiary/aromatic N) is 1. The number of benzene rings is 4. The zero-order valence-electron chi connectivity index (χ0n) is 21.3. The minimum atomic E-state index is -0.831. The molecule has 1 aliphatic heterocycles. The van der Waals surface area contributed by atoms with Crippen LogP contribution in [0.1, 0.15) is 16.7 Å². The lowest BCUT2D eigenvalue weighted by Gasteiger charge is -2.26. The van der Waals surface area contributed by atoms with Crippen LogP contribution in [0.5, 0.6) is 11.5 Å². The highest BCUT2D eigenvalue weighted by molar-refractivity contribution is 9.11. The first-order valence-electron chi connectivity index (χ1n) is 12.3. The second-order valence-corrected chi connectivity index (χ2v) is 11.1. The molecule has 0 aromatic heterocycles. The van der Waals surface area contributed by atoms with Crippen molar-refractivity contribution in [1.82, 2.24) is 5.32 Å². The van der Waals surface area contributed by atoms with E-state index in [0.29, 0.717) is 43.3 Å². The van der Waals surface area contributed by atoms with Crippen LogP contribution >= 0.6 is 43.5 Å². The standard InChI is InChI=1S/C31H21Br2ClN2O5/c32-26-15-21(16-27(33)28(26)41-18-20-7-4-8-22(34)13-20)14-25-29(37)35-31(39)36(30(25)38)23-9-11-24(12-10-23)40-17-19-5-2-1-3-6-19/h1-16H,17-18H2,(H,35,37,39)/b25-14+. The summed E-state index contributed by atoms with van der Waals surface area (Å²) in [5.41, 5.74) is 2.55. The Hall–Kier alpha value is -3.92. The van der Waals surface area contributed by atoms with Gasteiger partial charge in [-0.05, 0) is 103 Å². The molecule has 206 valence electrons. The van der Waals surface area contributed by atoms with Crippen LogP contribution in [0.25, 0.3) is 6.08 Å².